The Morgan fingerprint density at radius 1 is 1.32 bits per heavy atom. The molecule has 6 nitrogen and oxygen atoms in total. The van der Waals surface area contributed by atoms with Gasteiger partial charge in [-0.3, -0.25) is 9.36 Å². The molecule has 0 aliphatic rings. The fraction of sp³-hybridized carbons (Fsp3) is 0.143. The van der Waals surface area contributed by atoms with Gasteiger partial charge in [-0.2, -0.15) is 5.26 Å². The summed E-state index contributed by atoms with van der Waals surface area (Å²) in [7, 11) is 0. The van der Waals surface area contributed by atoms with Crippen LogP contribution in [0.1, 0.15) is 18.2 Å². The Morgan fingerprint density at radius 2 is 2.00 bits per heavy atom. The molecule has 0 saturated carbocycles. The highest BCUT2D eigenvalue weighted by atomic mass is 79.9. The predicted molar refractivity (Wildman–Crippen MR) is 109 cm³/mol. The minimum Gasteiger partial charge on any atom is -0.493 e. The van der Waals surface area contributed by atoms with Crippen molar-refractivity contribution in [3.05, 3.63) is 73.0 Å². The number of aliphatic hydroxyl groups excluding tert-OH is 1. The van der Waals surface area contributed by atoms with Crippen molar-refractivity contribution < 1.29 is 14.6 Å². The zero-order valence-electron chi connectivity index (χ0n) is 15.0. The van der Waals surface area contributed by atoms with E-state index in [1.165, 1.54) is 13.0 Å². The van der Waals surface area contributed by atoms with Crippen LogP contribution in [-0.2, 0) is 6.54 Å². The molecule has 2 aromatic heterocycles. The number of pyridine rings is 1. The zero-order chi connectivity index (χ0) is 20.4. The van der Waals surface area contributed by atoms with Crippen LogP contribution in [0, 0.1) is 11.3 Å². The van der Waals surface area contributed by atoms with Crippen LogP contribution in [0.25, 0.3) is 24.0 Å². The molecular formula is C21H17BrN2O4. The fourth-order valence-electron chi connectivity index (χ4n) is 2.82. The standard InChI is InChI=1S/C21H17BrN2O4/c1-12(25)11-24-20(26)17(13(2)18(10-23)21(24)27)9-16-7-8-19(28-16)14-3-5-15(22)6-4-14/h3-9,12,25,27H,2,11H2,1H3. The second-order valence-electron chi connectivity index (χ2n) is 6.32. The maximum atomic E-state index is 12.8. The van der Waals surface area contributed by atoms with Crippen molar-refractivity contribution in [3.63, 3.8) is 0 Å². The van der Waals surface area contributed by atoms with Gasteiger partial charge in [-0.05, 0) is 37.3 Å². The molecule has 3 aromatic rings. The number of furan rings is 1. The first-order valence-corrected chi connectivity index (χ1v) is 9.21. The molecule has 2 N–H and O–H groups in total. The Labute approximate surface area is 169 Å². The van der Waals surface area contributed by atoms with Crippen LogP contribution in [0.5, 0.6) is 5.88 Å². The number of hydrogen-bond acceptors (Lipinski definition) is 5. The normalized spacial score (nSPS) is 12.7. The van der Waals surface area contributed by atoms with E-state index in [0.717, 1.165) is 14.6 Å². The van der Waals surface area contributed by atoms with Gasteiger partial charge in [0.25, 0.3) is 5.56 Å². The second-order valence-corrected chi connectivity index (χ2v) is 7.24. The minimum atomic E-state index is -0.883. The first-order valence-electron chi connectivity index (χ1n) is 8.42. The van der Waals surface area contributed by atoms with Crippen molar-refractivity contribution in [1.82, 2.24) is 4.57 Å². The Kier molecular flexibility index (Phi) is 5.54. The van der Waals surface area contributed by atoms with Gasteiger partial charge in [0.1, 0.15) is 23.2 Å². The lowest BCUT2D eigenvalue weighted by Gasteiger charge is -2.12. The molecule has 1 unspecified atom stereocenters. The molecule has 0 aliphatic carbocycles. The summed E-state index contributed by atoms with van der Waals surface area (Å²) < 4.78 is 7.71. The number of benzene rings is 1. The molecule has 3 rings (SSSR count). The molecule has 0 radical (unpaired) electrons. The van der Waals surface area contributed by atoms with Crippen LogP contribution in [-0.4, -0.2) is 20.9 Å². The fourth-order valence-corrected chi connectivity index (χ4v) is 3.08. The number of aromatic nitrogens is 1. The molecule has 0 amide bonds. The van der Waals surface area contributed by atoms with Gasteiger partial charge in [0, 0.05) is 15.3 Å². The van der Waals surface area contributed by atoms with Gasteiger partial charge in [0.15, 0.2) is 0 Å². The molecule has 0 fully saturated rings. The third-order valence-electron chi connectivity index (χ3n) is 4.18. The molecule has 1 atom stereocenters. The lowest BCUT2D eigenvalue weighted by molar-refractivity contribution is 0.167. The van der Waals surface area contributed by atoms with E-state index in [9.17, 15) is 20.3 Å². The van der Waals surface area contributed by atoms with Crippen molar-refractivity contribution in [1.29, 1.82) is 5.26 Å². The van der Waals surface area contributed by atoms with Gasteiger partial charge in [0.05, 0.1) is 17.9 Å². The Bertz CT molecular complexity index is 1230. The summed E-state index contributed by atoms with van der Waals surface area (Å²) in [5.41, 5.74) is 0.183. The number of nitriles is 1. The van der Waals surface area contributed by atoms with Gasteiger partial charge in [-0.1, -0.05) is 34.6 Å². The van der Waals surface area contributed by atoms with E-state index in [4.69, 9.17) is 4.42 Å². The Balaban J connectivity index is 2.17. The molecule has 28 heavy (non-hydrogen) atoms. The number of nitrogens with zero attached hydrogens (tertiary/aromatic N) is 2. The molecule has 7 heteroatoms. The van der Waals surface area contributed by atoms with Crippen LogP contribution < -0.4 is 16.0 Å². The minimum absolute atomic E-state index is 0.105. The van der Waals surface area contributed by atoms with Crippen molar-refractivity contribution in [2.75, 3.05) is 0 Å². The first kappa shape index (κ1) is 19.7. The molecule has 1 aromatic carbocycles. The summed E-state index contributed by atoms with van der Waals surface area (Å²) in [6.45, 7) is 5.10. The first-order chi connectivity index (χ1) is 13.3. The predicted octanol–water partition coefficient (Wildman–Crippen LogP) is 2.07. The monoisotopic (exact) mass is 440 g/mol. The molecule has 0 aliphatic heterocycles. The summed E-state index contributed by atoms with van der Waals surface area (Å²) in [5, 5.41) is 29.4. The SMILES string of the molecule is C=c1c(C#N)c(O)n(CC(C)O)c(=O)c1=Cc1ccc(-c2ccc(Br)cc2)o1. The molecule has 142 valence electrons. The highest BCUT2D eigenvalue weighted by Gasteiger charge is 2.15. The number of rotatable bonds is 4. The average Bonchev–Trinajstić information content (AvgIpc) is 3.12. The van der Waals surface area contributed by atoms with Gasteiger partial charge in [0.2, 0.25) is 5.88 Å². The van der Waals surface area contributed by atoms with Crippen LogP contribution in [0.3, 0.4) is 0 Å². The third kappa shape index (κ3) is 3.79. The molecule has 2 heterocycles. The van der Waals surface area contributed by atoms with E-state index in [2.05, 4.69) is 22.5 Å². The largest absolute Gasteiger partial charge is 0.493 e. The number of aromatic hydroxyl groups is 1. The highest BCUT2D eigenvalue weighted by Crippen LogP contribution is 2.24. The Morgan fingerprint density at radius 3 is 2.61 bits per heavy atom. The summed E-state index contributed by atoms with van der Waals surface area (Å²) in [5.74, 6) is 0.511. The zero-order valence-corrected chi connectivity index (χ0v) is 16.6. The summed E-state index contributed by atoms with van der Waals surface area (Å²) in [4.78, 5) is 12.8. The van der Waals surface area contributed by atoms with E-state index in [0.29, 0.717) is 11.5 Å². The van der Waals surface area contributed by atoms with E-state index in [1.54, 1.807) is 12.1 Å². The second kappa shape index (κ2) is 7.89. The quantitative estimate of drug-likeness (QED) is 0.646. The van der Waals surface area contributed by atoms with Crippen molar-refractivity contribution >= 4 is 28.6 Å². The molecular weight excluding hydrogens is 424 g/mol. The van der Waals surface area contributed by atoms with E-state index in [1.807, 2.05) is 30.3 Å². The lowest BCUT2D eigenvalue weighted by Crippen LogP contribution is -2.46. The number of halogens is 1. The van der Waals surface area contributed by atoms with Crippen LogP contribution in [0.4, 0.5) is 0 Å². The molecule has 0 spiro atoms. The maximum absolute atomic E-state index is 12.8. The van der Waals surface area contributed by atoms with Gasteiger partial charge >= 0.3 is 0 Å². The van der Waals surface area contributed by atoms with Gasteiger partial charge in [-0.15, -0.1) is 0 Å². The number of aliphatic hydroxyl groups is 1. The maximum Gasteiger partial charge on any atom is 0.261 e. The van der Waals surface area contributed by atoms with E-state index < -0.39 is 17.5 Å². The van der Waals surface area contributed by atoms with Crippen molar-refractivity contribution in [2.45, 2.75) is 19.6 Å². The summed E-state index contributed by atoms with van der Waals surface area (Å²) in [6, 6.07) is 12.9. The van der Waals surface area contributed by atoms with Crippen LogP contribution >= 0.6 is 15.9 Å². The van der Waals surface area contributed by atoms with Crippen molar-refractivity contribution in [3.8, 4) is 23.3 Å². The summed E-state index contributed by atoms with van der Waals surface area (Å²) >= 11 is 3.38. The van der Waals surface area contributed by atoms with Crippen molar-refractivity contribution in [2.24, 2.45) is 0 Å². The van der Waals surface area contributed by atoms with Gasteiger partial charge < -0.3 is 14.6 Å². The topological polar surface area (TPSA) is 99.4 Å². The lowest BCUT2D eigenvalue weighted by atomic mass is 10.1. The van der Waals surface area contributed by atoms with E-state index >= 15 is 0 Å². The van der Waals surface area contributed by atoms with Gasteiger partial charge in [-0.25, -0.2) is 0 Å². The average molecular weight is 441 g/mol. The third-order valence-corrected chi connectivity index (χ3v) is 4.71. The Hall–Kier alpha value is -3.08. The molecule has 0 bridgehead atoms. The van der Waals surface area contributed by atoms with Crippen LogP contribution in [0.2, 0.25) is 0 Å². The number of hydrogen-bond donors (Lipinski definition) is 2. The van der Waals surface area contributed by atoms with Crippen LogP contribution in [0.15, 0.2) is 50.1 Å². The molecule has 0 saturated heterocycles. The van der Waals surface area contributed by atoms with E-state index in [-0.39, 0.29) is 22.5 Å². The smallest absolute Gasteiger partial charge is 0.261 e. The highest BCUT2D eigenvalue weighted by molar-refractivity contribution is 9.10. The summed E-state index contributed by atoms with van der Waals surface area (Å²) in [6.07, 6.45) is 0.595.